The molecule has 0 radical (unpaired) electrons. The summed E-state index contributed by atoms with van der Waals surface area (Å²) in [5, 5.41) is 8.21. The number of nitrogens with one attached hydrogen (secondary N) is 1. The van der Waals surface area contributed by atoms with Crippen molar-refractivity contribution in [2.75, 3.05) is 6.54 Å². The normalized spacial score (nSPS) is 10.7. The fourth-order valence-electron chi connectivity index (χ4n) is 2.10. The van der Waals surface area contributed by atoms with E-state index in [-0.39, 0.29) is 5.91 Å². The van der Waals surface area contributed by atoms with E-state index in [9.17, 15) is 4.79 Å². The van der Waals surface area contributed by atoms with E-state index in [0.29, 0.717) is 40.9 Å². The van der Waals surface area contributed by atoms with Gasteiger partial charge in [-0.1, -0.05) is 41.4 Å². The first-order valence-corrected chi connectivity index (χ1v) is 7.54. The number of aryl methyl sites for hydroxylation is 2. The van der Waals surface area contributed by atoms with E-state index >= 15 is 0 Å². The van der Waals surface area contributed by atoms with Gasteiger partial charge in [-0.15, -0.1) is 0 Å². The number of carbonyl (C=O) groups excluding carboxylic acids is 1. The summed E-state index contributed by atoms with van der Waals surface area (Å²) in [5.41, 5.74) is 2.08. The van der Waals surface area contributed by atoms with Crippen LogP contribution in [0.1, 0.15) is 28.7 Å². The van der Waals surface area contributed by atoms with Gasteiger partial charge in [0.1, 0.15) is 5.69 Å². The van der Waals surface area contributed by atoms with Crippen LogP contribution in [-0.2, 0) is 13.0 Å². The van der Waals surface area contributed by atoms with Crippen LogP contribution in [0.25, 0.3) is 0 Å². The lowest BCUT2D eigenvalue weighted by molar-refractivity contribution is 0.0943. The maximum absolute atomic E-state index is 12.2. The zero-order valence-electron chi connectivity index (χ0n) is 12.0. The van der Waals surface area contributed by atoms with Crippen molar-refractivity contribution >= 4 is 29.1 Å². The molecule has 0 aliphatic heterocycles. The number of carbonyl (C=O) groups is 1. The van der Waals surface area contributed by atoms with Crippen molar-refractivity contribution < 1.29 is 4.79 Å². The molecule has 0 atom stereocenters. The van der Waals surface area contributed by atoms with E-state index < -0.39 is 0 Å². The minimum absolute atomic E-state index is 0.213. The van der Waals surface area contributed by atoms with Crippen molar-refractivity contribution in [1.82, 2.24) is 15.1 Å². The Morgan fingerprint density at radius 2 is 2.05 bits per heavy atom. The zero-order valence-corrected chi connectivity index (χ0v) is 13.5. The van der Waals surface area contributed by atoms with Crippen LogP contribution in [0, 0.1) is 6.92 Å². The van der Waals surface area contributed by atoms with Crippen molar-refractivity contribution in [2.45, 2.75) is 26.8 Å². The van der Waals surface area contributed by atoms with E-state index in [4.69, 9.17) is 23.2 Å². The molecule has 0 unspecified atom stereocenters. The first kappa shape index (κ1) is 15.9. The molecule has 1 aromatic heterocycles. The molecule has 2 aromatic rings. The summed E-state index contributed by atoms with van der Waals surface area (Å²) in [6.45, 7) is 4.80. The van der Waals surface area contributed by atoms with Crippen LogP contribution in [0.4, 0.5) is 0 Å². The molecule has 4 nitrogen and oxygen atoms in total. The van der Waals surface area contributed by atoms with Gasteiger partial charge in [-0.3, -0.25) is 9.48 Å². The van der Waals surface area contributed by atoms with Gasteiger partial charge >= 0.3 is 0 Å². The summed E-state index contributed by atoms with van der Waals surface area (Å²) in [7, 11) is 0. The average molecular weight is 326 g/mol. The minimum Gasteiger partial charge on any atom is -0.350 e. The summed E-state index contributed by atoms with van der Waals surface area (Å²) in [6.07, 6.45) is 0.669. The largest absolute Gasteiger partial charge is 0.350 e. The molecule has 0 spiro atoms. The summed E-state index contributed by atoms with van der Waals surface area (Å²) < 4.78 is 1.61. The highest BCUT2D eigenvalue weighted by Gasteiger charge is 2.19. The Bertz CT molecular complexity index is 652. The van der Waals surface area contributed by atoms with E-state index in [1.54, 1.807) is 11.6 Å². The minimum atomic E-state index is -0.213. The van der Waals surface area contributed by atoms with Gasteiger partial charge in [0.05, 0.1) is 10.7 Å². The fourth-order valence-corrected chi connectivity index (χ4v) is 2.55. The van der Waals surface area contributed by atoms with Crippen LogP contribution in [0.15, 0.2) is 24.3 Å². The number of nitrogens with zero attached hydrogens (tertiary/aromatic N) is 2. The Kier molecular flexibility index (Phi) is 5.26. The van der Waals surface area contributed by atoms with E-state index in [1.807, 2.05) is 31.2 Å². The Morgan fingerprint density at radius 3 is 2.71 bits per heavy atom. The lowest BCUT2D eigenvalue weighted by atomic mass is 10.1. The molecule has 1 aromatic carbocycles. The van der Waals surface area contributed by atoms with Crippen LogP contribution in [0.3, 0.4) is 0 Å². The molecule has 0 saturated carbocycles. The molecule has 0 saturated heterocycles. The lowest BCUT2D eigenvalue weighted by Crippen LogP contribution is -2.28. The van der Waals surface area contributed by atoms with Gasteiger partial charge < -0.3 is 5.32 Å². The number of hydrogen-bond donors (Lipinski definition) is 1. The summed E-state index contributed by atoms with van der Waals surface area (Å²) in [5.74, 6) is -0.213. The Morgan fingerprint density at radius 1 is 1.33 bits per heavy atom. The Balaban J connectivity index is 2.01. The number of halogens is 2. The molecule has 2 rings (SSSR count). The van der Waals surface area contributed by atoms with Gasteiger partial charge in [0.2, 0.25) is 0 Å². The second-order valence-electron chi connectivity index (χ2n) is 4.66. The molecule has 0 aliphatic rings. The smallest absolute Gasteiger partial charge is 0.271 e. The number of amides is 1. The SMILES string of the molecule is CCn1nc(C)c(Cl)c1C(=O)NCCc1ccccc1Cl. The van der Waals surface area contributed by atoms with Crippen molar-refractivity contribution in [2.24, 2.45) is 0 Å². The molecule has 0 aliphatic carbocycles. The standard InChI is InChI=1S/C15H17Cl2N3O/c1-3-20-14(13(17)10(2)19-20)15(21)18-9-8-11-6-4-5-7-12(11)16/h4-7H,3,8-9H2,1-2H3,(H,18,21). The summed E-state index contributed by atoms with van der Waals surface area (Å²) >= 11 is 12.2. The molecule has 1 heterocycles. The predicted octanol–water partition coefficient (Wildman–Crippen LogP) is 3.49. The summed E-state index contributed by atoms with van der Waals surface area (Å²) in [4.78, 5) is 12.2. The molecule has 112 valence electrons. The van der Waals surface area contributed by atoms with Crippen LogP contribution in [0.2, 0.25) is 10.0 Å². The Hall–Kier alpha value is -1.52. The van der Waals surface area contributed by atoms with Crippen molar-refractivity contribution in [3.63, 3.8) is 0 Å². The first-order chi connectivity index (χ1) is 10.0. The van der Waals surface area contributed by atoms with Crippen LogP contribution < -0.4 is 5.32 Å². The Labute approximate surface area is 134 Å². The van der Waals surface area contributed by atoms with Gasteiger partial charge in [0.25, 0.3) is 5.91 Å². The molecule has 0 bridgehead atoms. The van der Waals surface area contributed by atoms with Gasteiger partial charge in [-0.2, -0.15) is 5.10 Å². The highest BCUT2D eigenvalue weighted by atomic mass is 35.5. The van der Waals surface area contributed by atoms with Crippen LogP contribution in [0.5, 0.6) is 0 Å². The average Bonchev–Trinajstić information content (AvgIpc) is 2.76. The highest BCUT2D eigenvalue weighted by Crippen LogP contribution is 2.20. The molecular formula is C15H17Cl2N3O. The maximum atomic E-state index is 12.2. The first-order valence-electron chi connectivity index (χ1n) is 6.79. The third kappa shape index (κ3) is 3.57. The topological polar surface area (TPSA) is 46.9 Å². The zero-order chi connectivity index (χ0) is 15.4. The van der Waals surface area contributed by atoms with Gasteiger partial charge in [-0.05, 0) is 31.9 Å². The molecular weight excluding hydrogens is 309 g/mol. The van der Waals surface area contributed by atoms with Gasteiger partial charge in [-0.25, -0.2) is 0 Å². The van der Waals surface area contributed by atoms with Gasteiger partial charge in [0, 0.05) is 18.1 Å². The third-order valence-electron chi connectivity index (χ3n) is 3.21. The van der Waals surface area contributed by atoms with Crippen LogP contribution in [-0.4, -0.2) is 22.2 Å². The maximum Gasteiger partial charge on any atom is 0.271 e. The van der Waals surface area contributed by atoms with Crippen LogP contribution >= 0.6 is 23.2 Å². The predicted molar refractivity (Wildman–Crippen MR) is 85.1 cm³/mol. The number of benzene rings is 1. The molecule has 21 heavy (non-hydrogen) atoms. The molecule has 1 N–H and O–H groups in total. The quantitative estimate of drug-likeness (QED) is 0.914. The third-order valence-corrected chi connectivity index (χ3v) is 4.03. The van der Waals surface area contributed by atoms with Crippen molar-refractivity contribution in [3.8, 4) is 0 Å². The fraction of sp³-hybridized carbons (Fsp3) is 0.333. The molecule has 1 amide bonds. The van der Waals surface area contributed by atoms with E-state index in [0.717, 1.165) is 5.56 Å². The second kappa shape index (κ2) is 6.96. The van der Waals surface area contributed by atoms with Crippen molar-refractivity contribution in [1.29, 1.82) is 0 Å². The number of hydrogen-bond acceptors (Lipinski definition) is 2. The number of aromatic nitrogens is 2. The monoisotopic (exact) mass is 325 g/mol. The van der Waals surface area contributed by atoms with E-state index in [2.05, 4.69) is 10.4 Å². The van der Waals surface area contributed by atoms with E-state index in [1.165, 1.54) is 0 Å². The second-order valence-corrected chi connectivity index (χ2v) is 5.45. The lowest BCUT2D eigenvalue weighted by Gasteiger charge is -2.08. The van der Waals surface area contributed by atoms with Crippen molar-refractivity contribution in [3.05, 3.63) is 51.3 Å². The summed E-state index contributed by atoms with van der Waals surface area (Å²) in [6, 6.07) is 7.59. The van der Waals surface area contributed by atoms with Gasteiger partial charge in [0.15, 0.2) is 0 Å². The molecule has 0 fully saturated rings. The number of rotatable bonds is 5. The highest BCUT2D eigenvalue weighted by molar-refractivity contribution is 6.34. The molecule has 6 heteroatoms.